The number of anilines is 1. The van der Waals surface area contributed by atoms with E-state index in [-0.39, 0.29) is 43.2 Å². The minimum Gasteiger partial charge on any atom is -0.509 e. The Labute approximate surface area is 321 Å². The average Bonchev–Trinajstić information content (AvgIpc) is 3.55. The molecule has 3 heterocycles. The van der Waals surface area contributed by atoms with Gasteiger partial charge in [0.25, 0.3) is 11.8 Å². The Kier molecular flexibility index (Phi) is 13.5. The number of hydrazine groups is 1. The molecule has 4 N–H and O–H groups in total. The van der Waals surface area contributed by atoms with E-state index in [0.29, 0.717) is 56.7 Å². The molecule has 0 saturated carbocycles. The lowest BCUT2D eigenvalue weighted by Gasteiger charge is -2.46. The SMILES string of the molecule is C[C@]12CCCN1N(Cc1c(F)cc(OCCCCCCOC[C@H](O)CO)cc1F)C(=O)C(C(=O)Nc1ccc(C(F)(F)F)cc1-c1ccc(C(F)(F)F)nc1)=C2O. The van der Waals surface area contributed by atoms with Crippen molar-refractivity contribution >= 4 is 17.5 Å². The van der Waals surface area contributed by atoms with Crippen LogP contribution in [-0.2, 0) is 33.2 Å². The summed E-state index contributed by atoms with van der Waals surface area (Å²) in [6.07, 6.45) is -6.72. The normalized spacial score (nSPS) is 18.2. The summed E-state index contributed by atoms with van der Waals surface area (Å²) in [5.41, 5.74) is -6.37. The van der Waals surface area contributed by atoms with Gasteiger partial charge in [0.2, 0.25) is 0 Å². The number of unbranched alkanes of at least 4 members (excludes halogenated alkanes) is 3. The summed E-state index contributed by atoms with van der Waals surface area (Å²) in [5, 5.41) is 34.0. The van der Waals surface area contributed by atoms with Gasteiger partial charge in [0.05, 0.1) is 37.5 Å². The molecule has 0 aliphatic carbocycles. The van der Waals surface area contributed by atoms with E-state index in [1.54, 1.807) is 0 Å². The number of hydrogen-bond donors (Lipinski definition) is 4. The summed E-state index contributed by atoms with van der Waals surface area (Å²) in [6.45, 7) is 1.07. The van der Waals surface area contributed by atoms with Gasteiger partial charge in [-0.05, 0) is 63.3 Å². The molecule has 0 unspecified atom stereocenters. The van der Waals surface area contributed by atoms with Crippen LogP contribution in [0, 0.1) is 11.6 Å². The Morgan fingerprint density at radius 3 is 2.28 bits per heavy atom. The molecule has 2 aromatic carbocycles. The Morgan fingerprint density at radius 1 is 0.982 bits per heavy atom. The molecule has 5 rings (SSSR count). The molecule has 19 heteroatoms. The molecule has 11 nitrogen and oxygen atoms in total. The van der Waals surface area contributed by atoms with E-state index in [1.165, 1.54) is 11.9 Å². The van der Waals surface area contributed by atoms with E-state index >= 15 is 8.78 Å². The number of ether oxygens (including phenoxy) is 2. The zero-order valence-electron chi connectivity index (χ0n) is 30.5. The third-order valence-corrected chi connectivity index (χ3v) is 9.67. The Morgan fingerprint density at radius 2 is 1.67 bits per heavy atom. The number of aromatic nitrogens is 1. The smallest absolute Gasteiger partial charge is 0.433 e. The molecule has 0 radical (unpaired) electrons. The van der Waals surface area contributed by atoms with Crippen LogP contribution in [-0.4, -0.2) is 86.8 Å². The number of rotatable bonds is 16. The van der Waals surface area contributed by atoms with Gasteiger partial charge in [0, 0.05) is 53.9 Å². The summed E-state index contributed by atoms with van der Waals surface area (Å²) >= 11 is 0. The molecule has 2 aliphatic heterocycles. The number of pyridine rings is 1. The van der Waals surface area contributed by atoms with E-state index < -0.39 is 94.3 Å². The predicted molar refractivity (Wildman–Crippen MR) is 187 cm³/mol. The van der Waals surface area contributed by atoms with E-state index in [4.69, 9.17) is 14.6 Å². The van der Waals surface area contributed by atoms with Gasteiger partial charge in [-0.25, -0.2) is 13.8 Å². The van der Waals surface area contributed by atoms with Gasteiger partial charge in [-0.1, -0.05) is 12.5 Å². The largest absolute Gasteiger partial charge is 0.509 e. The quantitative estimate of drug-likeness (QED) is 0.0687. The second-order valence-corrected chi connectivity index (χ2v) is 13.8. The fraction of sp³-hybridized carbons (Fsp3) is 0.447. The molecule has 2 atom stereocenters. The lowest BCUT2D eigenvalue weighted by atomic mass is 9.90. The molecule has 3 aromatic rings. The average molecular weight is 817 g/mol. The highest BCUT2D eigenvalue weighted by atomic mass is 19.4. The van der Waals surface area contributed by atoms with E-state index in [9.17, 15) is 46.1 Å². The van der Waals surface area contributed by atoms with Gasteiger partial charge in [0.15, 0.2) is 0 Å². The van der Waals surface area contributed by atoms with Crippen LogP contribution in [0.3, 0.4) is 0 Å². The molecular formula is C38H40F8N4O7. The lowest BCUT2D eigenvalue weighted by Crippen LogP contribution is -2.60. The van der Waals surface area contributed by atoms with E-state index in [0.717, 1.165) is 35.7 Å². The first-order chi connectivity index (χ1) is 26.8. The molecule has 0 bridgehead atoms. The first kappa shape index (κ1) is 43.3. The molecule has 1 saturated heterocycles. The maximum absolute atomic E-state index is 15.5. The number of nitrogens with zero attached hydrogens (tertiary/aromatic N) is 3. The zero-order chi connectivity index (χ0) is 41.7. The van der Waals surface area contributed by atoms with Gasteiger partial charge >= 0.3 is 12.4 Å². The summed E-state index contributed by atoms with van der Waals surface area (Å²) < 4.78 is 122. The van der Waals surface area contributed by atoms with Crippen LogP contribution in [0.2, 0.25) is 0 Å². The Balaban J connectivity index is 1.33. The molecular weight excluding hydrogens is 776 g/mol. The summed E-state index contributed by atoms with van der Waals surface area (Å²) in [7, 11) is 0. The fourth-order valence-corrected chi connectivity index (χ4v) is 6.61. The minimum absolute atomic E-state index is 0.0215. The number of fused-ring (bicyclic) bond motifs is 1. The molecule has 57 heavy (non-hydrogen) atoms. The Bertz CT molecular complexity index is 1940. The molecule has 2 aliphatic rings. The van der Waals surface area contributed by atoms with Crippen molar-refractivity contribution in [2.75, 3.05) is 38.3 Å². The zero-order valence-corrected chi connectivity index (χ0v) is 30.5. The topological polar surface area (TPSA) is 145 Å². The second-order valence-electron chi connectivity index (χ2n) is 13.8. The number of carbonyl (C=O) groups excluding carboxylic acids is 2. The van der Waals surface area contributed by atoms with Gasteiger partial charge in [-0.15, -0.1) is 0 Å². The van der Waals surface area contributed by atoms with Crippen LogP contribution in [0.5, 0.6) is 5.75 Å². The van der Waals surface area contributed by atoms with Crippen molar-refractivity contribution in [3.8, 4) is 16.9 Å². The maximum Gasteiger partial charge on any atom is 0.433 e. The number of aliphatic hydroxyl groups is 3. The molecule has 1 fully saturated rings. The molecule has 310 valence electrons. The summed E-state index contributed by atoms with van der Waals surface area (Å²) in [6, 6.07) is 5.30. The van der Waals surface area contributed by atoms with Gasteiger partial charge in [-0.2, -0.15) is 26.3 Å². The summed E-state index contributed by atoms with van der Waals surface area (Å²) in [5.74, 6) is -5.41. The van der Waals surface area contributed by atoms with Crippen LogP contribution in [0.25, 0.3) is 11.1 Å². The van der Waals surface area contributed by atoms with E-state index in [1.807, 2.05) is 0 Å². The number of amides is 2. The van der Waals surface area contributed by atoms with Crippen molar-refractivity contribution in [2.24, 2.45) is 0 Å². The van der Waals surface area contributed by atoms with Crippen LogP contribution in [0.4, 0.5) is 40.8 Å². The Hall–Kier alpha value is -4.85. The second kappa shape index (κ2) is 17.7. The fourth-order valence-electron chi connectivity index (χ4n) is 6.61. The summed E-state index contributed by atoms with van der Waals surface area (Å²) in [4.78, 5) is 31.1. The van der Waals surface area contributed by atoms with Crippen LogP contribution >= 0.6 is 0 Å². The van der Waals surface area contributed by atoms with Crippen LogP contribution in [0.15, 0.2) is 60.0 Å². The monoisotopic (exact) mass is 816 g/mol. The highest BCUT2D eigenvalue weighted by Gasteiger charge is 2.53. The molecule has 1 aromatic heterocycles. The molecule has 0 spiro atoms. The van der Waals surface area contributed by atoms with Crippen LogP contribution < -0.4 is 10.1 Å². The van der Waals surface area contributed by atoms with Gasteiger partial charge in [0.1, 0.15) is 40.5 Å². The van der Waals surface area contributed by atoms with Crippen molar-refractivity contribution in [3.05, 3.63) is 88.4 Å². The number of benzene rings is 2. The molecule has 2 amide bonds. The third-order valence-electron chi connectivity index (χ3n) is 9.67. The van der Waals surface area contributed by atoms with E-state index in [2.05, 4.69) is 10.3 Å². The number of nitrogens with one attached hydrogen (secondary N) is 1. The first-order valence-corrected chi connectivity index (χ1v) is 17.9. The van der Waals surface area contributed by atoms with Crippen molar-refractivity contribution < 1.29 is 69.5 Å². The van der Waals surface area contributed by atoms with Crippen molar-refractivity contribution in [1.29, 1.82) is 0 Å². The maximum atomic E-state index is 15.5. The number of alkyl halides is 6. The third kappa shape index (κ3) is 10.0. The number of hydrogen-bond acceptors (Lipinski definition) is 9. The minimum atomic E-state index is -4.89. The first-order valence-electron chi connectivity index (χ1n) is 17.9. The van der Waals surface area contributed by atoms with Gasteiger partial charge in [-0.3, -0.25) is 19.6 Å². The highest BCUT2D eigenvalue weighted by molar-refractivity contribution is 6.24. The van der Waals surface area contributed by atoms with Gasteiger partial charge < -0.3 is 30.1 Å². The number of aliphatic hydroxyl groups excluding tert-OH is 3. The standard InChI is InChI=1S/C38H40F8N4O7/c1-36-11-6-12-50(36)49(19-27-28(39)16-25(17-29(27)40)57-14-5-3-2-4-13-56-21-24(52)20-51)35(55)32(33(36)53)34(54)48-30-9-8-23(37(41,42)43)15-26(30)22-7-10-31(47-18-22)38(44,45)46/h7-10,15-18,24,51-53H,2-6,11-14,19-21H2,1H3,(H,48,54)/t24-,36-/m1/s1. The lowest BCUT2D eigenvalue weighted by molar-refractivity contribution is -0.160. The highest BCUT2D eigenvalue weighted by Crippen LogP contribution is 2.43. The number of halogens is 8. The number of carbonyl (C=O) groups is 2. The predicted octanol–water partition coefficient (Wildman–Crippen LogP) is 6.94. The van der Waals surface area contributed by atoms with Crippen molar-refractivity contribution in [3.63, 3.8) is 0 Å². The van der Waals surface area contributed by atoms with Crippen molar-refractivity contribution in [2.45, 2.75) is 76.0 Å². The van der Waals surface area contributed by atoms with Crippen molar-refractivity contribution in [1.82, 2.24) is 15.0 Å². The van der Waals surface area contributed by atoms with Crippen LogP contribution in [0.1, 0.15) is 62.3 Å².